The number of hydrogen-bond donors (Lipinski definition) is 0. The van der Waals surface area contributed by atoms with E-state index in [1.807, 2.05) is 0 Å². The van der Waals surface area contributed by atoms with E-state index in [9.17, 15) is 0 Å². The maximum atomic E-state index is 7.06. The van der Waals surface area contributed by atoms with Crippen LogP contribution in [0.1, 0.15) is 61.3 Å². The zero-order valence-electron chi connectivity index (χ0n) is 24.2. The van der Waals surface area contributed by atoms with Crippen molar-refractivity contribution in [3.63, 3.8) is 0 Å². The molecule has 3 saturated carbocycles. The second kappa shape index (κ2) is 8.69. The highest BCUT2D eigenvalue weighted by Crippen LogP contribution is 2.66. The van der Waals surface area contributed by atoms with Gasteiger partial charge in [0.05, 0.1) is 19.8 Å². The van der Waals surface area contributed by atoms with Crippen LogP contribution < -0.4 is 5.19 Å². The SMILES string of the molecule is C=C(B1O[C@H]2C[C@H]3C[C@H](C3(C)C)[C@@]2(C)O1)[C@@H]([C@H](C)O[Si](C)(C)C(C)(C)C)[Si](C)(C)c1ccccc1. The molecule has 2 bridgehead atoms. The monoisotopic (exact) mass is 512 g/mol. The highest BCUT2D eigenvalue weighted by molar-refractivity contribution is 6.92. The van der Waals surface area contributed by atoms with E-state index in [0.29, 0.717) is 11.3 Å². The zero-order chi connectivity index (χ0) is 26.2. The van der Waals surface area contributed by atoms with Gasteiger partial charge in [-0.15, -0.1) is 6.58 Å². The van der Waals surface area contributed by atoms with Gasteiger partial charge in [0.2, 0.25) is 0 Å². The van der Waals surface area contributed by atoms with Gasteiger partial charge in [0, 0.05) is 11.6 Å². The van der Waals surface area contributed by atoms with Crippen LogP contribution in [0, 0.1) is 17.3 Å². The first-order valence-corrected chi connectivity index (χ1v) is 19.7. The van der Waals surface area contributed by atoms with Crippen LogP contribution in [-0.4, -0.2) is 41.3 Å². The number of hydrogen-bond acceptors (Lipinski definition) is 3. The van der Waals surface area contributed by atoms with E-state index in [1.165, 1.54) is 11.6 Å². The van der Waals surface area contributed by atoms with Crippen LogP contribution in [0.5, 0.6) is 0 Å². The summed E-state index contributed by atoms with van der Waals surface area (Å²) in [5, 5.41) is 1.59. The molecule has 3 aliphatic carbocycles. The summed E-state index contributed by atoms with van der Waals surface area (Å²) in [7, 11) is -4.35. The van der Waals surface area contributed by atoms with Crippen molar-refractivity contribution in [3.8, 4) is 0 Å². The molecule has 1 aliphatic heterocycles. The van der Waals surface area contributed by atoms with Crippen molar-refractivity contribution in [2.24, 2.45) is 17.3 Å². The Morgan fingerprint density at radius 2 is 1.69 bits per heavy atom. The molecule has 0 unspecified atom stereocenters. The minimum absolute atomic E-state index is 0.0537. The van der Waals surface area contributed by atoms with Crippen LogP contribution in [-0.2, 0) is 13.7 Å². The topological polar surface area (TPSA) is 27.7 Å². The average molecular weight is 513 g/mol. The van der Waals surface area contributed by atoms with E-state index in [0.717, 1.165) is 17.8 Å². The molecule has 0 radical (unpaired) electrons. The Kier molecular flexibility index (Phi) is 6.80. The lowest BCUT2D eigenvalue weighted by Crippen LogP contribution is -2.65. The van der Waals surface area contributed by atoms with Gasteiger partial charge >= 0.3 is 7.12 Å². The lowest BCUT2D eigenvalue weighted by atomic mass is 9.43. The van der Waals surface area contributed by atoms with E-state index in [4.69, 9.17) is 20.3 Å². The molecule has 1 heterocycles. The zero-order valence-corrected chi connectivity index (χ0v) is 26.2. The minimum atomic E-state index is -2.03. The third-order valence-corrected chi connectivity index (χ3v) is 19.5. The van der Waals surface area contributed by atoms with Crippen molar-refractivity contribution in [2.75, 3.05) is 0 Å². The lowest BCUT2D eigenvalue weighted by Gasteiger charge is -2.64. The van der Waals surface area contributed by atoms with Gasteiger partial charge in [-0.2, -0.15) is 0 Å². The normalized spacial score (nSPS) is 32.0. The first-order chi connectivity index (χ1) is 15.9. The quantitative estimate of drug-likeness (QED) is 0.362. The van der Waals surface area contributed by atoms with Crippen molar-refractivity contribution in [1.82, 2.24) is 0 Å². The van der Waals surface area contributed by atoms with Crippen molar-refractivity contribution < 1.29 is 13.7 Å². The largest absolute Gasteiger partial charge is 0.489 e. The summed E-state index contributed by atoms with van der Waals surface area (Å²) in [6, 6.07) is 11.0. The molecular weight excluding hydrogens is 463 g/mol. The fourth-order valence-corrected chi connectivity index (χ4v) is 12.6. The average Bonchev–Trinajstić information content (AvgIpc) is 3.10. The molecule has 1 aromatic rings. The van der Waals surface area contributed by atoms with E-state index < -0.39 is 16.4 Å². The molecule has 5 rings (SSSR count). The van der Waals surface area contributed by atoms with Crippen LogP contribution >= 0.6 is 0 Å². The predicted octanol–water partition coefficient (Wildman–Crippen LogP) is 7.21. The molecule has 3 nitrogen and oxygen atoms in total. The van der Waals surface area contributed by atoms with Crippen LogP contribution in [0.2, 0.25) is 36.8 Å². The van der Waals surface area contributed by atoms with Crippen molar-refractivity contribution in [1.29, 1.82) is 0 Å². The van der Waals surface area contributed by atoms with Gasteiger partial charge in [-0.25, -0.2) is 0 Å². The van der Waals surface area contributed by atoms with E-state index in [1.54, 1.807) is 0 Å². The predicted molar refractivity (Wildman–Crippen MR) is 154 cm³/mol. The first kappa shape index (κ1) is 27.4. The summed E-state index contributed by atoms with van der Waals surface area (Å²) < 4.78 is 20.7. The second-order valence-electron chi connectivity index (χ2n) is 14.5. The molecule has 1 aromatic carbocycles. The number of rotatable bonds is 7. The molecule has 0 spiro atoms. The molecule has 6 heteroatoms. The molecule has 35 heavy (non-hydrogen) atoms. The third kappa shape index (κ3) is 4.39. The molecule has 0 N–H and O–H groups in total. The van der Waals surface area contributed by atoms with Gasteiger partial charge in [-0.3, -0.25) is 0 Å². The maximum absolute atomic E-state index is 7.06. The molecule has 194 valence electrons. The molecule has 4 aliphatic rings. The Bertz CT molecular complexity index is 954. The molecule has 4 fully saturated rings. The van der Waals surface area contributed by atoms with E-state index in [-0.39, 0.29) is 35.5 Å². The summed E-state index contributed by atoms with van der Waals surface area (Å²) in [6.07, 6.45) is 2.59. The Morgan fingerprint density at radius 3 is 2.23 bits per heavy atom. The number of benzene rings is 1. The molecule has 1 saturated heterocycles. The highest BCUT2D eigenvalue weighted by Gasteiger charge is 2.68. The van der Waals surface area contributed by atoms with Crippen molar-refractivity contribution in [3.05, 3.63) is 42.4 Å². The smallest absolute Gasteiger partial charge is 0.414 e. The van der Waals surface area contributed by atoms with Gasteiger partial charge in [-0.05, 0) is 67.5 Å². The maximum Gasteiger partial charge on any atom is 0.489 e. The standard InChI is InChI=1S/C29H49BO3Si2/c1-20(30-31-25-19-22-18-24(28(22,6)7)29(25,8)33-30)26(21(2)32-35(11,12)27(3,4)5)34(9,10)23-16-14-13-15-17-23/h13-17,21-22,24-26H,1,18-19H2,2-12H3/t21-,22+,24+,25-,26-,29+/m0/s1. The van der Waals surface area contributed by atoms with E-state index in [2.05, 4.69) is 105 Å². The summed E-state index contributed by atoms with van der Waals surface area (Å²) in [5.41, 5.74) is 1.39. The molecule has 6 atom stereocenters. The van der Waals surface area contributed by atoms with Crippen LogP contribution in [0.4, 0.5) is 0 Å². The Hall–Kier alpha value is -0.661. The molecule has 0 aromatic heterocycles. The Morgan fingerprint density at radius 1 is 1.09 bits per heavy atom. The van der Waals surface area contributed by atoms with Crippen LogP contribution in [0.15, 0.2) is 42.4 Å². The summed E-state index contributed by atoms with van der Waals surface area (Å²) in [4.78, 5) is 0. The summed E-state index contributed by atoms with van der Waals surface area (Å²) in [5.74, 6) is 1.29. The lowest BCUT2D eigenvalue weighted by molar-refractivity contribution is -0.199. The fourth-order valence-electron chi connectivity index (χ4n) is 7.28. The van der Waals surface area contributed by atoms with Gasteiger partial charge in [0.25, 0.3) is 0 Å². The van der Waals surface area contributed by atoms with E-state index >= 15 is 0 Å². The Labute approximate surface area is 217 Å². The molecular formula is C29H49BO3Si2. The van der Waals surface area contributed by atoms with Crippen LogP contribution in [0.25, 0.3) is 0 Å². The van der Waals surface area contributed by atoms with Gasteiger partial charge in [0.1, 0.15) is 0 Å². The summed E-state index contributed by atoms with van der Waals surface area (Å²) >= 11 is 0. The van der Waals surface area contributed by atoms with Gasteiger partial charge in [-0.1, -0.05) is 83.2 Å². The highest BCUT2D eigenvalue weighted by atomic mass is 28.4. The van der Waals surface area contributed by atoms with Crippen molar-refractivity contribution >= 4 is 28.7 Å². The second-order valence-corrected chi connectivity index (χ2v) is 23.9. The van der Waals surface area contributed by atoms with Gasteiger partial charge < -0.3 is 13.7 Å². The Balaban J connectivity index is 1.66. The third-order valence-electron chi connectivity index (χ3n) is 10.7. The minimum Gasteiger partial charge on any atom is -0.414 e. The first-order valence-electron chi connectivity index (χ1n) is 13.7. The fraction of sp³-hybridized carbons (Fsp3) is 0.724. The summed E-state index contributed by atoms with van der Waals surface area (Å²) in [6.45, 7) is 30.7. The molecule has 0 amide bonds. The van der Waals surface area contributed by atoms with Crippen LogP contribution in [0.3, 0.4) is 0 Å². The van der Waals surface area contributed by atoms with Crippen molar-refractivity contribution in [2.45, 2.75) is 116 Å². The van der Waals surface area contributed by atoms with Gasteiger partial charge in [0.15, 0.2) is 8.32 Å².